The number of fused-ring (bicyclic) bond motifs is 2. The molecule has 1 saturated carbocycles. The number of primary amides is 1. The van der Waals surface area contributed by atoms with Gasteiger partial charge < -0.3 is 15.2 Å². The van der Waals surface area contributed by atoms with Crippen molar-refractivity contribution in [2.45, 2.75) is 77.2 Å². The lowest BCUT2D eigenvalue weighted by Crippen LogP contribution is -2.51. The van der Waals surface area contributed by atoms with Gasteiger partial charge in [0.15, 0.2) is 5.78 Å². The molecule has 2 aliphatic rings. The summed E-state index contributed by atoms with van der Waals surface area (Å²) < 4.78 is 26.1. The normalized spacial score (nSPS) is 21.5. The van der Waals surface area contributed by atoms with Gasteiger partial charge in [0, 0.05) is 24.4 Å². The summed E-state index contributed by atoms with van der Waals surface area (Å²) in [6.45, 7) is 5.65. The Morgan fingerprint density at radius 1 is 1.11 bits per heavy atom. The Bertz CT molecular complexity index is 1150. The van der Waals surface area contributed by atoms with E-state index < -0.39 is 35.4 Å². The minimum absolute atomic E-state index is 0.0148. The van der Waals surface area contributed by atoms with Gasteiger partial charge in [0.1, 0.15) is 23.8 Å². The fourth-order valence-corrected chi connectivity index (χ4v) is 5.41. The smallest absolute Gasteiger partial charge is 0.411 e. The second-order valence-corrected chi connectivity index (χ2v) is 11.1. The van der Waals surface area contributed by atoms with E-state index in [4.69, 9.17) is 15.2 Å². The van der Waals surface area contributed by atoms with Crippen LogP contribution in [-0.2, 0) is 27.4 Å². The zero-order valence-corrected chi connectivity index (χ0v) is 21.6. The number of piperidine rings is 1. The van der Waals surface area contributed by atoms with Crippen LogP contribution in [0.15, 0.2) is 48.5 Å². The summed E-state index contributed by atoms with van der Waals surface area (Å²) in [5, 5.41) is 0. The zero-order chi connectivity index (χ0) is 26.7. The number of halogens is 1. The van der Waals surface area contributed by atoms with Crippen LogP contribution in [0.1, 0.15) is 57.6 Å². The molecular weight excluding hydrogens is 475 g/mol. The topological polar surface area (TPSA) is 98.9 Å². The van der Waals surface area contributed by atoms with Gasteiger partial charge >= 0.3 is 6.09 Å². The number of ketones is 1. The maximum absolute atomic E-state index is 14.9. The maximum Gasteiger partial charge on any atom is 0.411 e. The molecule has 2 fully saturated rings. The molecule has 4 atom stereocenters. The average molecular weight is 511 g/mol. The second kappa shape index (κ2) is 10.9. The number of hydrogen-bond donors (Lipinski definition) is 1. The number of hydrogen-bond acceptors (Lipinski definition) is 5. The molecule has 0 radical (unpaired) electrons. The minimum atomic E-state index is -0.891. The van der Waals surface area contributed by atoms with Gasteiger partial charge in [-0.05, 0) is 69.6 Å². The highest BCUT2D eigenvalue weighted by Crippen LogP contribution is 2.44. The van der Waals surface area contributed by atoms with Crippen LogP contribution in [-0.4, -0.2) is 40.4 Å². The number of carbonyl (C=O) groups excluding carboxylic acids is 3. The van der Waals surface area contributed by atoms with Gasteiger partial charge in [-0.2, -0.15) is 0 Å². The molecular formula is C29H35FN2O5. The van der Waals surface area contributed by atoms with Crippen molar-refractivity contribution >= 4 is 17.8 Å². The van der Waals surface area contributed by atoms with Crippen molar-refractivity contribution in [1.82, 2.24) is 4.90 Å². The molecule has 0 aromatic heterocycles. The van der Waals surface area contributed by atoms with Gasteiger partial charge in [0.2, 0.25) is 5.91 Å². The van der Waals surface area contributed by atoms with Crippen LogP contribution < -0.4 is 10.5 Å². The van der Waals surface area contributed by atoms with E-state index in [0.29, 0.717) is 12.4 Å². The molecule has 1 aliphatic heterocycles. The molecule has 2 aromatic rings. The fourth-order valence-electron chi connectivity index (χ4n) is 5.41. The van der Waals surface area contributed by atoms with Crippen LogP contribution in [0.3, 0.4) is 0 Å². The van der Waals surface area contributed by atoms with E-state index in [0.717, 1.165) is 24.8 Å². The predicted molar refractivity (Wildman–Crippen MR) is 136 cm³/mol. The summed E-state index contributed by atoms with van der Waals surface area (Å²) in [7, 11) is 0. The predicted octanol–water partition coefficient (Wildman–Crippen LogP) is 4.80. The molecule has 1 heterocycles. The molecule has 0 unspecified atom stereocenters. The van der Waals surface area contributed by atoms with Gasteiger partial charge in [-0.1, -0.05) is 36.4 Å². The molecule has 2 aromatic carbocycles. The second-order valence-electron chi connectivity index (χ2n) is 11.1. The first-order valence-corrected chi connectivity index (χ1v) is 12.8. The molecule has 7 nitrogen and oxygen atoms in total. The Balaban J connectivity index is 1.42. The van der Waals surface area contributed by atoms with Gasteiger partial charge in [0.25, 0.3) is 0 Å². The van der Waals surface area contributed by atoms with Crippen molar-refractivity contribution in [2.75, 3.05) is 0 Å². The van der Waals surface area contributed by atoms with E-state index in [-0.39, 0.29) is 36.1 Å². The first kappa shape index (κ1) is 26.6. The highest BCUT2D eigenvalue weighted by atomic mass is 19.1. The molecule has 198 valence electrons. The maximum atomic E-state index is 14.9. The van der Waals surface area contributed by atoms with Gasteiger partial charge in [-0.15, -0.1) is 0 Å². The van der Waals surface area contributed by atoms with E-state index in [1.807, 2.05) is 30.3 Å². The molecule has 1 aliphatic carbocycles. The van der Waals surface area contributed by atoms with Crippen LogP contribution in [0.25, 0.3) is 0 Å². The van der Waals surface area contributed by atoms with Crippen molar-refractivity contribution in [3.63, 3.8) is 0 Å². The third kappa shape index (κ3) is 6.48. The Morgan fingerprint density at radius 3 is 2.49 bits per heavy atom. The molecule has 0 spiro atoms. The van der Waals surface area contributed by atoms with Crippen molar-refractivity contribution < 1.29 is 28.2 Å². The Kier molecular flexibility index (Phi) is 7.85. The number of carbonyl (C=O) groups is 3. The van der Waals surface area contributed by atoms with Crippen LogP contribution >= 0.6 is 0 Å². The zero-order valence-electron chi connectivity index (χ0n) is 21.6. The summed E-state index contributed by atoms with van der Waals surface area (Å²) in [5.41, 5.74) is 6.19. The number of amides is 2. The largest absolute Gasteiger partial charge is 0.489 e. The Labute approximate surface area is 217 Å². The van der Waals surface area contributed by atoms with Crippen molar-refractivity contribution in [3.05, 3.63) is 65.5 Å². The van der Waals surface area contributed by atoms with Crippen molar-refractivity contribution in [1.29, 1.82) is 0 Å². The van der Waals surface area contributed by atoms with Crippen LogP contribution in [0.2, 0.25) is 0 Å². The number of nitrogens with zero attached hydrogens (tertiary/aromatic N) is 1. The van der Waals surface area contributed by atoms with Crippen LogP contribution in [0.5, 0.6) is 5.75 Å². The van der Waals surface area contributed by atoms with Crippen LogP contribution in [0.4, 0.5) is 9.18 Å². The fraction of sp³-hybridized carbons (Fsp3) is 0.483. The summed E-state index contributed by atoms with van der Waals surface area (Å²) in [6.07, 6.45) is 1.74. The van der Waals surface area contributed by atoms with Crippen LogP contribution in [0, 0.1) is 17.7 Å². The van der Waals surface area contributed by atoms with E-state index >= 15 is 0 Å². The molecule has 37 heavy (non-hydrogen) atoms. The van der Waals surface area contributed by atoms with E-state index in [2.05, 4.69) is 0 Å². The van der Waals surface area contributed by atoms with E-state index in [1.54, 1.807) is 37.8 Å². The van der Waals surface area contributed by atoms with E-state index in [9.17, 15) is 18.8 Å². The lowest BCUT2D eigenvalue weighted by molar-refractivity contribution is -0.131. The van der Waals surface area contributed by atoms with Gasteiger partial charge in [-0.3, -0.25) is 14.5 Å². The third-order valence-electron chi connectivity index (χ3n) is 7.11. The molecule has 1 saturated heterocycles. The third-order valence-corrected chi connectivity index (χ3v) is 7.11. The SMILES string of the molecule is CC(C)(C)OC(=O)N1[C@@H]2CC[C@@H](C2)[C@H]1C(=O)C[C@@H](Cc1ccc(OCc2ccccc2)cc1F)C(N)=O. The lowest BCUT2D eigenvalue weighted by atomic mass is 9.87. The molecule has 2 amide bonds. The standard InChI is InChI=1S/C29H35FN2O5/c1-29(2,3)37-28(35)32-22-11-9-20(14-22)26(32)25(33)15-21(27(31)34)13-19-10-12-23(16-24(19)30)36-17-18-7-5-4-6-8-18/h4-8,10,12,16,20-22,26H,9,11,13-15,17H2,1-3H3,(H2,31,34)/t20-,21+,22+,26-/m0/s1. The Hall–Kier alpha value is -3.42. The molecule has 2 N–H and O–H groups in total. The number of nitrogens with two attached hydrogens (primary N) is 1. The molecule has 4 rings (SSSR count). The number of benzene rings is 2. The molecule has 2 bridgehead atoms. The summed E-state index contributed by atoms with van der Waals surface area (Å²) in [4.78, 5) is 40.1. The van der Waals surface area contributed by atoms with Gasteiger partial charge in [-0.25, -0.2) is 9.18 Å². The summed E-state index contributed by atoms with van der Waals surface area (Å²) >= 11 is 0. The first-order valence-electron chi connectivity index (χ1n) is 12.8. The summed E-state index contributed by atoms with van der Waals surface area (Å²) in [5.74, 6) is -1.92. The number of likely N-dealkylation sites (tertiary alicyclic amines) is 1. The van der Waals surface area contributed by atoms with Gasteiger partial charge in [0.05, 0.1) is 6.04 Å². The molecule has 8 heteroatoms. The highest BCUT2D eigenvalue weighted by molar-refractivity contribution is 5.92. The quantitative estimate of drug-likeness (QED) is 0.523. The van der Waals surface area contributed by atoms with Crippen molar-refractivity contribution in [2.24, 2.45) is 17.6 Å². The highest BCUT2D eigenvalue weighted by Gasteiger charge is 2.52. The number of Topliss-reactive ketones (excluding diaryl/α,β-unsaturated/α-hetero) is 1. The number of rotatable bonds is 9. The summed E-state index contributed by atoms with van der Waals surface area (Å²) in [6, 6.07) is 13.3. The lowest BCUT2D eigenvalue weighted by Gasteiger charge is -2.36. The van der Waals surface area contributed by atoms with Crippen molar-refractivity contribution in [3.8, 4) is 5.75 Å². The minimum Gasteiger partial charge on any atom is -0.489 e. The number of ether oxygens (including phenoxy) is 2. The monoisotopic (exact) mass is 510 g/mol. The van der Waals surface area contributed by atoms with E-state index in [1.165, 1.54) is 6.07 Å². The Morgan fingerprint density at radius 2 is 1.84 bits per heavy atom. The first-order chi connectivity index (χ1) is 17.5. The average Bonchev–Trinajstić information content (AvgIpc) is 3.45.